The summed E-state index contributed by atoms with van der Waals surface area (Å²) in [5.41, 5.74) is 0. The highest BCUT2D eigenvalue weighted by atomic mass is 32.2. The molecule has 0 saturated carbocycles. The van der Waals surface area contributed by atoms with Crippen LogP contribution in [0.4, 0.5) is 0 Å². The fourth-order valence-corrected chi connectivity index (χ4v) is 3.72. The highest BCUT2D eigenvalue weighted by Crippen LogP contribution is 2.29. The summed E-state index contributed by atoms with van der Waals surface area (Å²) in [4.78, 5) is 4.13. The van der Waals surface area contributed by atoms with Crippen molar-refractivity contribution in [3.8, 4) is 0 Å². The van der Waals surface area contributed by atoms with Crippen LogP contribution in [-0.4, -0.2) is 36.6 Å². The average Bonchev–Trinajstić information content (AvgIpc) is 2.76. The van der Waals surface area contributed by atoms with Gasteiger partial charge >= 0.3 is 0 Å². The van der Waals surface area contributed by atoms with Gasteiger partial charge in [0.05, 0.1) is 24.3 Å². The molecule has 2 unspecified atom stereocenters. The van der Waals surface area contributed by atoms with Gasteiger partial charge in [0.2, 0.25) is 0 Å². The van der Waals surface area contributed by atoms with Gasteiger partial charge in [0.1, 0.15) is 5.76 Å². The molecule has 17 heavy (non-hydrogen) atoms. The Kier molecular flexibility index (Phi) is 3.53. The van der Waals surface area contributed by atoms with Crippen LogP contribution in [0.15, 0.2) is 10.6 Å². The quantitative estimate of drug-likeness (QED) is 0.878. The number of oxazole rings is 1. The first kappa shape index (κ1) is 12.6. The number of hydrogen-bond acceptors (Lipinski definition) is 5. The number of aliphatic hydroxyl groups is 1. The van der Waals surface area contributed by atoms with E-state index >= 15 is 0 Å². The highest BCUT2D eigenvalue weighted by Gasteiger charge is 2.29. The van der Waals surface area contributed by atoms with Crippen LogP contribution in [0.2, 0.25) is 0 Å². The first-order chi connectivity index (χ1) is 8.02. The minimum absolute atomic E-state index is 0.00238. The van der Waals surface area contributed by atoms with E-state index in [2.05, 4.69) is 4.98 Å². The van der Waals surface area contributed by atoms with Crippen molar-refractivity contribution < 1.29 is 17.9 Å². The van der Waals surface area contributed by atoms with Crippen molar-refractivity contribution in [3.63, 3.8) is 0 Å². The summed E-state index contributed by atoms with van der Waals surface area (Å²) in [6.45, 7) is 1.83. The maximum Gasteiger partial charge on any atom is 0.198 e. The van der Waals surface area contributed by atoms with Crippen LogP contribution in [0.25, 0.3) is 0 Å². The Morgan fingerprint density at radius 2 is 2.41 bits per heavy atom. The third-order valence-electron chi connectivity index (χ3n) is 3.11. The third kappa shape index (κ3) is 2.87. The normalized spacial score (nSPS) is 25.6. The van der Waals surface area contributed by atoms with Crippen molar-refractivity contribution >= 4 is 9.84 Å². The van der Waals surface area contributed by atoms with E-state index in [-0.39, 0.29) is 29.9 Å². The molecule has 2 rings (SSSR count). The number of aliphatic hydroxyl groups excluding tert-OH is 1. The minimum Gasteiger partial charge on any atom is -0.445 e. The van der Waals surface area contributed by atoms with Crippen molar-refractivity contribution in [2.45, 2.75) is 31.6 Å². The largest absolute Gasteiger partial charge is 0.445 e. The topological polar surface area (TPSA) is 80.4 Å². The van der Waals surface area contributed by atoms with Gasteiger partial charge in [-0.3, -0.25) is 0 Å². The molecule has 0 spiro atoms. The molecular weight excluding hydrogens is 242 g/mol. The Balaban J connectivity index is 2.15. The first-order valence-corrected chi connectivity index (χ1v) is 7.61. The molecule has 1 aromatic rings. The summed E-state index contributed by atoms with van der Waals surface area (Å²) in [6, 6.07) is 0. The summed E-state index contributed by atoms with van der Waals surface area (Å²) < 4.78 is 28.6. The van der Waals surface area contributed by atoms with Gasteiger partial charge in [-0.1, -0.05) is 6.92 Å². The third-order valence-corrected chi connectivity index (χ3v) is 4.93. The number of sulfone groups is 1. The molecule has 2 heterocycles. The minimum atomic E-state index is -2.95. The second kappa shape index (κ2) is 4.78. The Bertz CT molecular complexity index is 479. The fraction of sp³-hybridized carbons (Fsp3) is 0.727. The zero-order chi connectivity index (χ0) is 12.5. The molecule has 0 radical (unpaired) electrons. The molecule has 6 heteroatoms. The van der Waals surface area contributed by atoms with Crippen LogP contribution in [0.1, 0.15) is 43.3 Å². The highest BCUT2D eigenvalue weighted by molar-refractivity contribution is 7.91. The summed E-state index contributed by atoms with van der Waals surface area (Å²) in [5, 5.41) is 9.01. The second-order valence-corrected chi connectivity index (χ2v) is 6.87. The predicted molar refractivity (Wildman–Crippen MR) is 62.6 cm³/mol. The molecule has 1 saturated heterocycles. The van der Waals surface area contributed by atoms with E-state index in [0.717, 1.165) is 6.42 Å². The van der Waals surface area contributed by atoms with Gasteiger partial charge in [0.15, 0.2) is 15.7 Å². The van der Waals surface area contributed by atoms with E-state index in [1.54, 1.807) is 6.20 Å². The summed E-state index contributed by atoms with van der Waals surface area (Å²) >= 11 is 0. The molecule has 1 aromatic heterocycles. The molecule has 1 N–H and O–H groups in total. The standard InChI is InChI=1S/C11H17NO4S/c1-8(6-13)10-5-12-11(16-10)9-3-2-4-17(14,15)7-9/h5,8-9,13H,2-4,6-7H2,1H3. The monoisotopic (exact) mass is 259 g/mol. The SMILES string of the molecule is CC(CO)c1cnc(C2CCCS(=O)(=O)C2)o1. The molecular formula is C11H17NO4S. The van der Waals surface area contributed by atoms with E-state index in [0.29, 0.717) is 18.1 Å². The second-order valence-electron chi connectivity index (χ2n) is 4.64. The van der Waals surface area contributed by atoms with E-state index in [1.807, 2.05) is 6.92 Å². The zero-order valence-corrected chi connectivity index (χ0v) is 10.6. The fourth-order valence-electron chi connectivity index (χ4n) is 2.02. The van der Waals surface area contributed by atoms with Crippen molar-refractivity contribution in [1.29, 1.82) is 0 Å². The Morgan fingerprint density at radius 3 is 3.06 bits per heavy atom. The van der Waals surface area contributed by atoms with E-state index in [4.69, 9.17) is 9.52 Å². The van der Waals surface area contributed by atoms with Gasteiger partial charge in [0.25, 0.3) is 0 Å². The maximum atomic E-state index is 11.5. The van der Waals surface area contributed by atoms with Crippen LogP contribution in [0.3, 0.4) is 0 Å². The number of hydrogen-bond donors (Lipinski definition) is 1. The number of nitrogens with zero attached hydrogens (tertiary/aromatic N) is 1. The van der Waals surface area contributed by atoms with Gasteiger partial charge in [-0.15, -0.1) is 0 Å². The van der Waals surface area contributed by atoms with Gasteiger partial charge < -0.3 is 9.52 Å². The Hall–Kier alpha value is -0.880. The smallest absolute Gasteiger partial charge is 0.198 e. The summed E-state index contributed by atoms with van der Waals surface area (Å²) in [7, 11) is -2.95. The van der Waals surface area contributed by atoms with Gasteiger partial charge in [-0.25, -0.2) is 13.4 Å². The molecule has 0 amide bonds. The maximum absolute atomic E-state index is 11.5. The number of rotatable bonds is 3. The molecule has 5 nitrogen and oxygen atoms in total. The van der Waals surface area contributed by atoms with Gasteiger partial charge in [-0.05, 0) is 12.8 Å². The van der Waals surface area contributed by atoms with Crippen molar-refractivity contribution in [2.24, 2.45) is 0 Å². The summed E-state index contributed by atoms with van der Waals surface area (Å²) in [6.07, 6.45) is 3.05. The molecule has 0 aromatic carbocycles. The number of aromatic nitrogens is 1. The van der Waals surface area contributed by atoms with E-state index in [9.17, 15) is 8.42 Å². The van der Waals surface area contributed by atoms with Crippen LogP contribution in [0.5, 0.6) is 0 Å². The van der Waals surface area contributed by atoms with Crippen LogP contribution in [0, 0.1) is 0 Å². The van der Waals surface area contributed by atoms with Crippen molar-refractivity contribution in [2.75, 3.05) is 18.1 Å². The summed E-state index contributed by atoms with van der Waals surface area (Å²) in [5.74, 6) is 1.27. The predicted octanol–water partition coefficient (Wildman–Crippen LogP) is 1.06. The van der Waals surface area contributed by atoms with Crippen LogP contribution in [-0.2, 0) is 9.84 Å². The molecule has 1 fully saturated rings. The first-order valence-electron chi connectivity index (χ1n) is 5.79. The lowest BCUT2D eigenvalue weighted by molar-refractivity contribution is 0.253. The van der Waals surface area contributed by atoms with E-state index < -0.39 is 9.84 Å². The van der Waals surface area contributed by atoms with Gasteiger partial charge in [-0.2, -0.15) is 0 Å². The molecule has 1 aliphatic rings. The molecule has 2 atom stereocenters. The van der Waals surface area contributed by atoms with E-state index in [1.165, 1.54) is 0 Å². The molecule has 0 aliphatic carbocycles. The average molecular weight is 259 g/mol. The lowest BCUT2D eigenvalue weighted by Crippen LogP contribution is -2.23. The van der Waals surface area contributed by atoms with Gasteiger partial charge in [0, 0.05) is 11.8 Å². The Labute approximate surface area is 101 Å². The lowest BCUT2D eigenvalue weighted by Gasteiger charge is -2.18. The lowest BCUT2D eigenvalue weighted by atomic mass is 10.1. The van der Waals surface area contributed by atoms with Crippen LogP contribution >= 0.6 is 0 Å². The molecule has 1 aliphatic heterocycles. The molecule has 0 bridgehead atoms. The molecule has 96 valence electrons. The van der Waals surface area contributed by atoms with Crippen molar-refractivity contribution in [1.82, 2.24) is 4.98 Å². The van der Waals surface area contributed by atoms with Crippen molar-refractivity contribution in [3.05, 3.63) is 17.8 Å². The Morgan fingerprint density at radius 1 is 1.65 bits per heavy atom. The zero-order valence-electron chi connectivity index (χ0n) is 9.80. The van der Waals surface area contributed by atoms with Crippen LogP contribution < -0.4 is 0 Å².